The van der Waals surface area contributed by atoms with Crippen LogP contribution in [-0.4, -0.2) is 215 Å². The molecule has 2 fully saturated rings. The number of benzene rings is 6. The van der Waals surface area contributed by atoms with E-state index < -0.39 is 115 Å². The molecule has 0 bridgehead atoms. The van der Waals surface area contributed by atoms with Crippen molar-refractivity contribution in [3.8, 4) is 33.4 Å². The minimum atomic E-state index is -2.23. The number of fused-ring (bicyclic) bond motifs is 6. The van der Waals surface area contributed by atoms with Crippen LogP contribution in [-0.2, 0) is 66.7 Å². The number of hydrogen-bond acceptors (Lipinski definition) is 24. The number of rotatable bonds is 39. The number of amides is 2. The zero-order chi connectivity index (χ0) is 77.1. The molecule has 0 radical (unpaired) electrons. The van der Waals surface area contributed by atoms with Crippen molar-refractivity contribution in [1.29, 1.82) is 0 Å². The van der Waals surface area contributed by atoms with Gasteiger partial charge in [-0.3, -0.25) is 24.0 Å². The Labute approximate surface area is 636 Å². The maximum Gasteiger partial charge on any atom is 0.366 e. The van der Waals surface area contributed by atoms with Crippen LogP contribution in [0.15, 0.2) is 146 Å². The molecule has 4 aliphatic rings. The van der Waals surface area contributed by atoms with Gasteiger partial charge in [-0.2, -0.15) is 23.5 Å². The summed E-state index contributed by atoms with van der Waals surface area (Å²) in [5.74, 6) is -8.01. The summed E-state index contributed by atoms with van der Waals surface area (Å²) in [6.07, 6.45) is -13.4. The highest BCUT2D eigenvalue weighted by atomic mass is 32.2. The van der Waals surface area contributed by atoms with Crippen molar-refractivity contribution < 1.29 is 107 Å². The van der Waals surface area contributed by atoms with Crippen molar-refractivity contribution in [2.45, 2.75) is 163 Å². The Morgan fingerprint density at radius 3 is 1.39 bits per heavy atom. The molecule has 2 amide bonds. The molecule has 2 heterocycles. The lowest BCUT2D eigenvalue weighted by Crippen LogP contribution is -2.67. The number of esters is 4. The highest BCUT2D eigenvalue weighted by Crippen LogP contribution is 2.47. The Bertz CT molecular complexity index is 3740. The molecule has 8 N–H and O–H groups in total. The number of aliphatic hydroxyl groups is 6. The van der Waals surface area contributed by atoms with Crippen molar-refractivity contribution in [2.24, 2.45) is 5.92 Å². The highest BCUT2D eigenvalue weighted by molar-refractivity contribution is 7.99. The number of aliphatic hydroxyl groups excluding tert-OH is 6. The fourth-order valence-corrected chi connectivity index (χ4v) is 16.3. The molecule has 2 aliphatic carbocycles. The maximum atomic E-state index is 13.4. The van der Waals surface area contributed by atoms with E-state index >= 15 is 0 Å². The Balaban J connectivity index is 0.603. The second-order valence-corrected chi connectivity index (χ2v) is 30.0. The van der Waals surface area contributed by atoms with Crippen LogP contribution in [0.25, 0.3) is 33.4 Å². The third-order valence-corrected chi connectivity index (χ3v) is 22.3. The first-order valence-corrected chi connectivity index (χ1v) is 38.9. The van der Waals surface area contributed by atoms with E-state index in [9.17, 15) is 69.0 Å². The molecular weight excluding hydrogens is 1430 g/mol. The first kappa shape index (κ1) is 82.3. The zero-order valence-electron chi connectivity index (χ0n) is 61.0. The third kappa shape index (κ3) is 20.4. The van der Waals surface area contributed by atoms with Crippen LogP contribution in [0.5, 0.6) is 0 Å². The van der Waals surface area contributed by atoms with Crippen LogP contribution in [0.4, 0.5) is 0 Å². The highest BCUT2D eigenvalue weighted by Gasteiger charge is 2.58. The lowest BCUT2D eigenvalue weighted by atomic mass is 9.80. The molecule has 10 rings (SSSR count). The van der Waals surface area contributed by atoms with E-state index in [0.29, 0.717) is 59.9 Å². The van der Waals surface area contributed by atoms with E-state index in [2.05, 4.69) is 10.6 Å². The van der Waals surface area contributed by atoms with E-state index in [4.69, 9.17) is 37.9 Å². The molecule has 12 atom stereocenters. The molecule has 0 aromatic heterocycles. The summed E-state index contributed by atoms with van der Waals surface area (Å²) in [7, 11) is 2.22. The normalized spacial score (nSPS) is 21.9. The zero-order valence-corrected chi connectivity index (χ0v) is 62.6. The van der Waals surface area contributed by atoms with Gasteiger partial charge in [0.1, 0.15) is 37.3 Å². The fraction of sp³-hybridized carbons (Fsp3) is 0.463. The average molecular weight is 1530 g/mol. The van der Waals surface area contributed by atoms with Crippen LogP contribution in [0.1, 0.15) is 139 Å². The molecule has 26 heteroatoms. The van der Waals surface area contributed by atoms with Gasteiger partial charge in [0.05, 0.1) is 64.0 Å². The Morgan fingerprint density at radius 1 is 0.519 bits per heavy atom. The van der Waals surface area contributed by atoms with Gasteiger partial charge >= 0.3 is 23.9 Å². The topological polar surface area (TPSA) is 356 Å². The predicted octanol–water partition coefficient (Wildman–Crippen LogP) is 8.18. The third-order valence-electron chi connectivity index (χ3n) is 20.1. The number of carbonyl (C=O) groups is 8. The molecule has 2 aliphatic heterocycles. The largest absolute Gasteiger partial charge is 0.465 e. The molecule has 2 saturated heterocycles. The van der Waals surface area contributed by atoms with Gasteiger partial charge in [0.25, 0.3) is 17.5 Å². The van der Waals surface area contributed by atoms with Crippen LogP contribution < -0.4 is 10.6 Å². The predicted molar refractivity (Wildman–Crippen MR) is 402 cm³/mol. The summed E-state index contributed by atoms with van der Waals surface area (Å²) in [4.78, 5) is 104. The number of ether oxygens (including phenoxy) is 8. The van der Waals surface area contributed by atoms with Gasteiger partial charge in [0.2, 0.25) is 5.91 Å². The van der Waals surface area contributed by atoms with Gasteiger partial charge in [-0.05, 0) is 124 Å². The van der Waals surface area contributed by atoms with Gasteiger partial charge in [0, 0.05) is 86.6 Å². The first-order chi connectivity index (χ1) is 52.0. The molecule has 0 saturated carbocycles. The number of carbonyl (C=O) groups excluding carboxylic acids is 8. The summed E-state index contributed by atoms with van der Waals surface area (Å²) >= 11 is 3.08. The first-order valence-electron chi connectivity index (χ1n) is 36.6. The lowest BCUT2D eigenvalue weighted by molar-refractivity contribution is -0.319. The SMILES string of the molecule is COC(=O)C1(OCCCSCCCC(=O)c2ccc(-c3ccc(C(=O)NCCSCCCOC4(C(=O)OC)CC(O)C(CC(C)=O)C([C@H](O)[C@@H](O)CCC(=O)OCC5c6ccccc6-c6ccccc65)O4)cc3)cc2)CC(O)C(NC(C)=O)C([C@@H](O)[C@H](O)CCC(=O)OCC2c3ccccc3-c3ccccc32)O1. The quantitative estimate of drug-likeness (QED) is 0.00780. The summed E-state index contributed by atoms with van der Waals surface area (Å²) in [5, 5.41) is 74.0. The van der Waals surface area contributed by atoms with Crippen LogP contribution in [0.3, 0.4) is 0 Å². The van der Waals surface area contributed by atoms with Gasteiger partial charge in [0.15, 0.2) is 5.78 Å². The van der Waals surface area contributed by atoms with Gasteiger partial charge < -0.3 is 84.0 Å². The molecule has 6 aromatic rings. The van der Waals surface area contributed by atoms with E-state index in [1.54, 1.807) is 36.0 Å². The Morgan fingerprint density at radius 2 is 0.935 bits per heavy atom. The average Bonchev–Trinajstić information content (AvgIpc) is 1.34. The van der Waals surface area contributed by atoms with Crippen LogP contribution in [0.2, 0.25) is 0 Å². The van der Waals surface area contributed by atoms with Crippen molar-refractivity contribution in [3.63, 3.8) is 0 Å². The minimum Gasteiger partial charge on any atom is -0.465 e. The lowest BCUT2D eigenvalue weighted by Gasteiger charge is -2.47. The van der Waals surface area contributed by atoms with E-state index in [0.717, 1.165) is 69.9 Å². The van der Waals surface area contributed by atoms with Gasteiger partial charge in [-0.25, -0.2) is 9.59 Å². The molecule has 6 aromatic carbocycles. The maximum absolute atomic E-state index is 13.4. The molecule has 8 unspecified atom stereocenters. The van der Waals surface area contributed by atoms with E-state index in [-0.39, 0.29) is 94.3 Å². The fourth-order valence-electron chi connectivity index (χ4n) is 14.6. The summed E-state index contributed by atoms with van der Waals surface area (Å²) in [6.45, 7) is 2.87. The number of ketones is 2. The number of Topliss-reactive ketones (excluding diaryl/α,β-unsaturated/α-hetero) is 2. The molecule has 24 nitrogen and oxygen atoms in total. The van der Waals surface area contributed by atoms with Crippen LogP contribution in [0, 0.1) is 5.92 Å². The standard InChI is InChI=1S/C82H96N2O22S2/c1-49(85)44-63-69(90)45-81(79(97)99-3,105-76(63)74(94)67(88)33-35-71(92)101-47-64-59-20-9-5-16-55(59)56-17-6-10-21-60(56)64)103-39-15-42-108-43-37-83-78(96)54-31-27-52(28-32-54)51-25-29-53(30-26-51)66(87)24-13-40-107-41-14-38-104-82(80(98)100-4)46-70(91)73(84-50(2)86)77(106-82)75(95)68(89)34-36-72(93)102-48-65-61-22-11-7-18-57(61)58-19-8-12-23-62(58)65/h5-12,16-23,25-32,63-65,67-70,73-77,88-91,94-95H,13-15,24,33-48H2,1-4H3,(H,83,96)(H,84,86)/t63?,67-,68+,69?,70?,73?,74+,75-,76?,77?,81?,82?/m0/s1. The Hall–Kier alpha value is -8.22. The summed E-state index contributed by atoms with van der Waals surface area (Å²) < 4.78 is 45.9. The molecule has 0 spiro atoms. The molecule has 578 valence electrons. The van der Waals surface area contributed by atoms with Crippen molar-refractivity contribution in [2.75, 3.05) is 70.2 Å². The van der Waals surface area contributed by atoms with E-state index in [1.165, 1.54) is 25.6 Å². The van der Waals surface area contributed by atoms with E-state index in [1.807, 2.05) is 121 Å². The van der Waals surface area contributed by atoms with Crippen molar-refractivity contribution >= 4 is 70.8 Å². The summed E-state index contributed by atoms with van der Waals surface area (Å²) in [5.41, 5.74) is 11.1. The molecular formula is C82H96N2O22S2. The second kappa shape index (κ2) is 38.9. The smallest absolute Gasteiger partial charge is 0.366 e. The van der Waals surface area contributed by atoms with Crippen molar-refractivity contribution in [1.82, 2.24) is 10.6 Å². The molecule has 108 heavy (non-hydrogen) atoms. The minimum absolute atomic E-state index is 0.0379. The monoisotopic (exact) mass is 1520 g/mol. The Kier molecular flexibility index (Phi) is 29.6. The van der Waals surface area contributed by atoms with Gasteiger partial charge in [-0.1, -0.05) is 133 Å². The number of hydrogen-bond donors (Lipinski definition) is 8. The van der Waals surface area contributed by atoms with Crippen LogP contribution >= 0.6 is 23.5 Å². The number of methoxy groups -OCH3 is 2. The second-order valence-electron chi connectivity index (χ2n) is 27.6. The summed E-state index contributed by atoms with van der Waals surface area (Å²) in [6, 6.07) is 44.6. The van der Waals surface area contributed by atoms with Gasteiger partial charge in [-0.15, -0.1) is 0 Å². The van der Waals surface area contributed by atoms with Crippen molar-refractivity contribution in [3.05, 3.63) is 179 Å². The number of thioether (sulfide) groups is 2. The number of nitrogens with one attached hydrogen (secondary N) is 2.